The lowest BCUT2D eigenvalue weighted by atomic mass is 10.1. The van der Waals surface area contributed by atoms with E-state index in [9.17, 15) is 0 Å². The van der Waals surface area contributed by atoms with Crippen LogP contribution in [0.4, 0.5) is 0 Å². The summed E-state index contributed by atoms with van der Waals surface area (Å²) in [5.74, 6) is 1.80. The van der Waals surface area contributed by atoms with E-state index in [2.05, 4.69) is 11.5 Å². The summed E-state index contributed by atoms with van der Waals surface area (Å²) < 4.78 is 2.23. The van der Waals surface area contributed by atoms with Gasteiger partial charge < -0.3 is 10.3 Å². The highest BCUT2D eigenvalue weighted by atomic mass is 35.5. The van der Waals surface area contributed by atoms with E-state index < -0.39 is 0 Å². The van der Waals surface area contributed by atoms with Gasteiger partial charge in [-0.15, -0.1) is 0 Å². The zero-order valence-electron chi connectivity index (χ0n) is 10.6. The predicted molar refractivity (Wildman–Crippen MR) is 74.8 cm³/mol. The lowest BCUT2D eigenvalue weighted by Gasteiger charge is -2.11. The van der Waals surface area contributed by atoms with Gasteiger partial charge in [-0.05, 0) is 43.9 Å². The van der Waals surface area contributed by atoms with Gasteiger partial charge in [0.15, 0.2) is 0 Å². The molecule has 18 heavy (non-hydrogen) atoms. The van der Waals surface area contributed by atoms with Gasteiger partial charge in [0.1, 0.15) is 5.82 Å². The minimum absolute atomic E-state index is 0.252. The predicted octanol–water partition coefficient (Wildman–Crippen LogP) is 2.99. The summed E-state index contributed by atoms with van der Waals surface area (Å²) in [6.45, 7) is 3.04. The highest BCUT2D eigenvalue weighted by molar-refractivity contribution is 6.31. The van der Waals surface area contributed by atoms with Crippen LogP contribution in [0.1, 0.15) is 25.6 Å². The zero-order valence-corrected chi connectivity index (χ0v) is 11.3. The molecule has 3 rings (SSSR count). The monoisotopic (exact) mass is 263 g/mol. The second-order valence-electron chi connectivity index (χ2n) is 5.11. The van der Waals surface area contributed by atoms with Crippen LogP contribution in [0.3, 0.4) is 0 Å². The molecule has 1 heterocycles. The van der Waals surface area contributed by atoms with E-state index in [0.717, 1.165) is 34.8 Å². The third-order valence-electron chi connectivity index (χ3n) is 3.75. The minimum Gasteiger partial charge on any atom is -0.328 e. The Bertz CT molecular complexity index is 572. The molecule has 0 saturated heterocycles. The van der Waals surface area contributed by atoms with Crippen LogP contribution in [-0.4, -0.2) is 15.6 Å². The van der Waals surface area contributed by atoms with E-state index in [1.807, 2.05) is 18.2 Å². The van der Waals surface area contributed by atoms with Gasteiger partial charge >= 0.3 is 0 Å². The summed E-state index contributed by atoms with van der Waals surface area (Å²) in [4.78, 5) is 4.70. The van der Waals surface area contributed by atoms with Crippen molar-refractivity contribution < 1.29 is 0 Å². The molecular formula is C14H18ClN3. The molecule has 0 aliphatic heterocycles. The zero-order chi connectivity index (χ0) is 12.7. The summed E-state index contributed by atoms with van der Waals surface area (Å²) in [5.41, 5.74) is 8.33. The Labute approximate surface area is 112 Å². The molecule has 1 aromatic heterocycles. The van der Waals surface area contributed by atoms with Crippen LogP contribution in [0.15, 0.2) is 18.2 Å². The van der Waals surface area contributed by atoms with E-state index in [4.69, 9.17) is 22.3 Å². The molecule has 0 bridgehead atoms. The minimum atomic E-state index is 0.252. The SMILES string of the molecule is CCn1c(CC(N)C2CC2)nc2ccc(Cl)cc21. The molecule has 1 saturated carbocycles. The van der Waals surface area contributed by atoms with Crippen molar-refractivity contribution in [1.29, 1.82) is 0 Å². The smallest absolute Gasteiger partial charge is 0.111 e. The molecule has 2 N–H and O–H groups in total. The largest absolute Gasteiger partial charge is 0.328 e. The summed E-state index contributed by atoms with van der Waals surface area (Å²) in [5, 5.41) is 0.759. The van der Waals surface area contributed by atoms with Gasteiger partial charge in [0, 0.05) is 24.0 Å². The number of nitrogens with two attached hydrogens (primary N) is 1. The van der Waals surface area contributed by atoms with Crippen molar-refractivity contribution >= 4 is 22.6 Å². The quantitative estimate of drug-likeness (QED) is 0.922. The molecule has 2 aromatic rings. The van der Waals surface area contributed by atoms with Crippen molar-refractivity contribution in [2.75, 3.05) is 0 Å². The normalized spacial score (nSPS) is 17.3. The first-order valence-corrected chi connectivity index (χ1v) is 6.97. The van der Waals surface area contributed by atoms with Crippen molar-refractivity contribution in [3.8, 4) is 0 Å². The Hall–Kier alpha value is -1.06. The second-order valence-corrected chi connectivity index (χ2v) is 5.55. The van der Waals surface area contributed by atoms with Crippen molar-refractivity contribution in [3.63, 3.8) is 0 Å². The number of aromatic nitrogens is 2. The molecule has 0 radical (unpaired) electrons. The molecule has 1 aromatic carbocycles. The number of nitrogens with zero attached hydrogens (tertiary/aromatic N) is 2. The van der Waals surface area contributed by atoms with Gasteiger partial charge in [0.05, 0.1) is 11.0 Å². The second kappa shape index (κ2) is 4.56. The summed E-state index contributed by atoms with van der Waals surface area (Å²) in [6.07, 6.45) is 3.42. The highest BCUT2D eigenvalue weighted by Crippen LogP contribution is 2.33. The van der Waals surface area contributed by atoms with E-state index in [-0.39, 0.29) is 6.04 Å². The van der Waals surface area contributed by atoms with E-state index in [1.165, 1.54) is 12.8 Å². The fraction of sp³-hybridized carbons (Fsp3) is 0.500. The number of benzene rings is 1. The maximum absolute atomic E-state index is 6.21. The number of imidazole rings is 1. The van der Waals surface area contributed by atoms with Crippen LogP contribution < -0.4 is 5.73 Å². The highest BCUT2D eigenvalue weighted by Gasteiger charge is 2.29. The Kier molecular flexibility index (Phi) is 3.04. The van der Waals surface area contributed by atoms with Gasteiger partial charge in [0.25, 0.3) is 0 Å². The van der Waals surface area contributed by atoms with E-state index in [0.29, 0.717) is 5.92 Å². The molecule has 1 fully saturated rings. The lowest BCUT2D eigenvalue weighted by molar-refractivity contribution is 0.557. The number of aryl methyl sites for hydroxylation is 1. The van der Waals surface area contributed by atoms with Crippen LogP contribution in [0.25, 0.3) is 11.0 Å². The average molecular weight is 264 g/mol. The van der Waals surface area contributed by atoms with E-state index in [1.54, 1.807) is 0 Å². The number of hydrogen-bond acceptors (Lipinski definition) is 2. The molecule has 1 aliphatic rings. The third-order valence-corrected chi connectivity index (χ3v) is 3.99. The molecule has 1 atom stereocenters. The molecule has 0 spiro atoms. The van der Waals surface area contributed by atoms with Gasteiger partial charge in [0.2, 0.25) is 0 Å². The van der Waals surface area contributed by atoms with Gasteiger partial charge in [-0.2, -0.15) is 0 Å². The van der Waals surface area contributed by atoms with Crippen molar-refractivity contribution in [2.45, 2.75) is 38.8 Å². The number of halogens is 1. The Morgan fingerprint density at radius 1 is 1.50 bits per heavy atom. The van der Waals surface area contributed by atoms with Crippen LogP contribution in [-0.2, 0) is 13.0 Å². The van der Waals surface area contributed by atoms with Crippen LogP contribution in [0.5, 0.6) is 0 Å². The lowest BCUT2D eigenvalue weighted by Crippen LogP contribution is -2.26. The molecule has 3 nitrogen and oxygen atoms in total. The van der Waals surface area contributed by atoms with Crippen LogP contribution in [0, 0.1) is 5.92 Å². The topological polar surface area (TPSA) is 43.8 Å². The standard InChI is InChI=1S/C14H18ClN3/c1-2-18-13-7-10(15)5-6-12(13)17-14(18)8-11(16)9-3-4-9/h5-7,9,11H,2-4,8,16H2,1H3. The van der Waals surface area contributed by atoms with Crippen molar-refractivity contribution in [1.82, 2.24) is 9.55 Å². The molecule has 1 unspecified atom stereocenters. The first-order chi connectivity index (χ1) is 8.69. The third kappa shape index (κ3) is 2.13. The van der Waals surface area contributed by atoms with Crippen molar-refractivity contribution in [3.05, 3.63) is 29.0 Å². The van der Waals surface area contributed by atoms with Crippen LogP contribution in [0.2, 0.25) is 5.02 Å². The number of rotatable bonds is 4. The maximum Gasteiger partial charge on any atom is 0.111 e. The summed E-state index contributed by atoms with van der Waals surface area (Å²) in [7, 11) is 0. The number of fused-ring (bicyclic) bond motifs is 1. The summed E-state index contributed by atoms with van der Waals surface area (Å²) >= 11 is 6.06. The number of hydrogen-bond donors (Lipinski definition) is 1. The van der Waals surface area contributed by atoms with E-state index >= 15 is 0 Å². The average Bonchev–Trinajstić information content (AvgIpc) is 3.13. The van der Waals surface area contributed by atoms with Gasteiger partial charge in [-0.1, -0.05) is 11.6 Å². The van der Waals surface area contributed by atoms with Crippen LogP contribution >= 0.6 is 11.6 Å². The van der Waals surface area contributed by atoms with Gasteiger partial charge in [-0.3, -0.25) is 0 Å². The van der Waals surface area contributed by atoms with Crippen molar-refractivity contribution in [2.24, 2.45) is 11.7 Å². The summed E-state index contributed by atoms with van der Waals surface area (Å²) in [6, 6.07) is 6.11. The molecular weight excluding hydrogens is 246 g/mol. The molecule has 96 valence electrons. The van der Waals surface area contributed by atoms with Gasteiger partial charge in [-0.25, -0.2) is 4.98 Å². The first-order valence-electron chi connectivity index (χ1n) is 6.59. The maximum atomic E-state index is 6.21. The fourth-order valence-electron chi connectivity index (χ4n) is 2.56. The first kappa shape index (κ1) is 12.0. The Morgan fingerprint density at radius 3 is 2.94 bits per heavy atom. The molecule has 4 heteroatoms. The Morgan fingerprint density at radius 2 is 2.28 bits per heavy atom. The molecule has 0 amide bonds. The Balaban J connectivity index is 1.99. The molecule has 1 aliphatic carbocycles. The fourth-order valence-corrected chi connectivity index (χ4v) is 2.72.